The van der Waals surface area contributed by atoms with Gasteiger partial charge in [-0.25, -0.2) is 4.79 Å². The van der Waals surface area contributed by atoms with Crippen LogP contribution in [0, 0.1) is 0 Å². The van der Waals surface area contributed by atoms with Gasteiger partial charge in [0.1, 0.15) is 6.04 Å². The van der Waals surface area contributed by atoms with E-state index < -0.39 is 12.0 Å². The fraction of sp³-hybridized carbons (Fsp3) is 0.500. The summed E-state index contributed by atoms with van der Waals surface area (Å²) < 4.78 is 4.82. The van der Waals surface area contributed by atoms with Crippen molar-refractivity contribution in [2.75, 3.05) is 24.9 Å². The number of hydrogen-bond acceptors (Lipinski definition) is 6. The van der Waals surface area contributed by atoms with E-state index in [0.717, 1.165) is 23.3 Å². The highest BCUT2D eigenvalue weighted by molar-refractivity contribution is 7.98. The number of ether oxygens (including phenoxy) is 1. The summed E-state index contributed by atoms with van der Waals surface area (Å²) in [4.78, 5) is 24.8. The van der Waals surface area contributed by atoms with E-state index in [2.05, 4.69) is 17.9 Å². The summed E-state index contributed by atoms with van der Waals surface area (Å²) in [5.41, 5.74) is 8.38. The van der Waals surface area contributed by atoms with Gasteiger partial charge in [0.25, 0.3) is 5.91 Å². The minimum absolute atomic E-state index is 0.0803. The van der Waals surface area contributed by atoms with Crippen molar-refractivity contribution in [1.29, 1.82) is 0 Å². The number of thioether (sulfide) groups is 1. The highest BCUT2D eigenvalue weighted by atomic mass is 32.2. The first-order chi connectivity index (χ1) is 13.0. The molecule has 0 aromatic heterocycles. The maximum atomic E-state index is 12.8. The Labute approximate surface area is 171 Å². The average molecular weight is 411 g/mol. The molecule has 1 unspecified atom stereocenters. The molecular formula is C20H30N2O3S2. The Balaban J connectivity index is 2.96. The number of carbonyl (C=O) groups excluding carboxylic acids is 2. The van der Waals surface area contributed by atoms with E-state index in [4.69, 9.17) is 10.5 Å². The molecule has 0 saturated carbocycles. The third-order valence-electron chi connectivity index (χ3n) is 4.15. The molecule has 1 aromatic rings. The van der Waals surface area contributed by atoms with E-state index in [1.54, 1.807) is 11.8 Å². The molecule has 7 heteroatoms. The van der Waals surface area contributed by atoms with Gasteiger partial charge in [-0.3, -0.25) is 4.79 Å². The molecule has 1 aromatic carbocycles. The summed E-state index contributed by atoms with van der Waals surface area (Å²) in [7, 11) is 1.33. The van der Waals surface area contributed by atoms with E-state index >= 15 is 0 Å². The van der Waals surface area contributed by atoms with Crippen LogP contribution in [0.25, 0.3) is 0 Å². The second-order valence-corrected chi connectivity index (χ2v) is 7.51. The number of nitrogens with two attached hydrogens (primary N) is 1. The molecule has 1 rings (SSSR count). The first-order valence-corrected chi connectivity index (χ1v) is 11.0. The number of esters is 1. The number of nitrogens with one attached hydrogen (secondary N) is 1. The smallest absolute Gasteiger partial charge is 0.328 e. The van der Waals surface area contributed by atoms with Crippen molar-refractivity contribution in [1.82, 2.24) is 5.32 Å². The number of hydrogen-bond donors (Lipinski definition) is 3. The fourth-order valence-corrected chi connectivity index (χ4v) is 3.17. The van der Waals surface area contributed by atoms with Crippen LogP contribution in [0.3, 0.4) is 0 Å². The maximum absolute atomic E-state index is 12.8. The van der Waals surface area contributed by atoms with E-state index in [9.17, 15) is 9.59 Å². The lowest BCUT2D eigenvalue weighted by atomic mass is 9.99. The third kappa shape index (κ3) is 7.99. The van der Waals surface area contributed by atoms with Crippen LogP contribution < -0.4 is 11.1 Å². The van der Waals surface area contributed by atoms with Gasteiger partial charge >= 0.3 is 5.97 Å². The maximum Gasteiger partial charge on any atom is 0.328 e. The summed E-state index contributed by atoms with van der Waals surface area (Å²) in [5, 5.41) is 2.83. The lowest BCUT2D eigenvalue weighted by Gasteiger charge is -2.17. The minimum Gasteiger partial charge on any atom is -0.467 e. The van der Waals surface area contributed by atoms with Crippen molar-refractivity contribution < 1.29 is 14.3 Å². The van der Waals surface area contributed by atoms with Crippen LogP contribution in [0.2, 0.25) is 0 Å². The lowest BCUT2D eigenvalue weighted by molar-refractivity contribution is -0.142. The Morgan fingerprint density at radius 1 is 1.41 bits per heavy atom. The molecule has 0 aliphatic rings. The number of carbonyl (C=O) groups is 2. The first-order valence-electron chi connectivity index (χ1n) is 8.99. The van der Waals surface area contributed by atoms with Gasteiger partial charge in [-0.15, -0.1) is 0 Å². The zero-order valence-corrected chi connectivity index (χ0v) is 17.9. The van der Waals surface area contributed by atoms with Gasteiger partial charge in [0.15, 0.2) is 0 Å². The Hall–Kier alpha value is -1.44. The van der Waals surface area contributed by atoms with Crippen molar-refractivity contribution in [2.24, 2.45) is 5.73 Å². The Morgan fingerprint density at radius 2 is 2.15 bits per heavy atom. The molecule has 5 nitrogen and oxygen atoms in total. The second-order valence-electron chi connectivity index (χ2n) is 6.15. The van der Waals surface area contributed by atoms with Crippen LogP contribution >= 0.6 is 24.4 Å². The van der Waals surface area contributed by atoms with Crippen molar-refractivity contribution in [3.05, 3.63) is 47.0 Å². The van der Waals surface area contributed by atoms with E-state index in [1.807, 2.05) is 43.5 Å². The Morgan fingerprint density at radius 3 is 2.74 bits per heavy atom. The first kappa shape index (κ1) is 23.6. The number of rotatable bonds is 11. The zero-order valence-electron chi connectivity index (χ0n) is 16.2. The monoisotopic (exact) mass is 410 g/mol. The molecule has 0 aliphatic carbocycles. The largest absolute Gasteiger partial charge is 0.467 e. The molecule has 27 heavy (non-hydrogen) atoms. The standard InChI is InChI=1S/C20H30N2O3S2/c1-4-15-9-8-14(6-5-7-16(21)13-26)12-17(15)19(23)22-18(10-11-27-3)20(24)25-2/h5,7-9,12,16,18,26H,4,6,10-11,13,21H2,1-3H3,(H,22,23)/t16?,18-/m0/s1. The van der Waals surface area contributed by atoms with Crippen LogP contribution in [0.4, 0.5) is 0 Å². The van der Waals surface area contributed by atoms with E-state index in [-0.39, 0.29) is 11.9 Å². The minimum atomic E-state index is -0.642. The predicted molar refractivity (Wildman–Crippen MR) is 117 cm³/mol. The number of benzene rings is 1. The Bertz CT molecular complexity index is 650. The van der Waals surface area contributed by atoms with Crippen LogP contribution in [-0.2, 0) is 22.4 Å². The van der Waals surface area contributed by atoms with Crippen molar-refractivity contribution in [2.45, 2.75) is 38.3 Å². The number of methoxy groups -OCH3 is 1. The number of allylic oxidation sites excluding steroid dienone is 1. The van der Waals surface area contributed by atoms with Crippen molar-refractivity contribution in [3.63, 3.8) is 0 Å². The van der Waals surface area contributed by atoms with Crippen molar-refractivity contribution >= 4 is 36.3 Å². The second kappa shape index (κ2) is 12.9. The molecule has 0 spiro atoms. The predicted octanol–water partition coefficient (Wildman–Crippen LogP) is 2.63. The van der Waals surface area contributed by atoms with E-state index in [1.165, 1.54) is 7.11 Å². The Kier molecular flexibility index (Phi) is 11.2. The normalized spacial score (nSPS) is 13.4. The summed E-state index contributed by atoms with van der Waals surface area (Å²) >= 11 is 5.78. The zero-order chi connectivity index (χ0) is 20.2. The van der Waals surface area contributed by atoms with Gasteiger partial charge in [-0.2, -0.15) is 24.4 Å². The number of thiol groups is 1. The quantitative estimate of drug-likeness (QED) is 0.297. The molecule has 3 N–H and O–H groups in total. The molecule has 2 atom stereocenters. The molecule has 0 aliphatic heterocycles. The van der Waals surface area contributed by atoms with Gasteiger partial charge < -0.3 is 15.8 Å². The number of amides is 1. The average Bonchev–Trinajstić information content (AvgIpc) is 2.69. The number of aryl methyl sites for hydroxylation is 1. The molecule has 0 radical (unpaired) electrons. The van der Waals surface area contributed by atoms with Gasteiger partial charge in [0.05, 0.1) is 7.11 Å². The summed E-state index contributed by atoms with van der Waals surface area (Å²) in [5.74, 6) is 0.678. The third-order valence-corrected chi connectivity index (χ3v) is 5.21. The molecular weight excluding hydrogens is 380 g/mol. The lowest BCUT2D eigenvalue weighted by Crippen LogP contribution is -2.42. The summed E-state index contributed by atoms with van der Waals surface area (Å²) in [6.07, 6.45) is 7.80. The van der Waals surface area contributed by atoms with Gasteiger partial charge in [0.2, 0.25) is 0 Å². The van der Waals surface area contributed by atoms with Gasteiger partial charge in [0, 0.05) is 17.4 Å². The molecule has 0 heterocycles. The highest BCUT2D eigenvalue weighted by Crippen LogP contribution is 2.15. The van der Waals surface area contributed by atoms with E-state index in [0.29, 0.717) is 24.2 Å². The topological polar surface area (TPSA) is 81.4 Å². The molecule has 1 amide bonds. The van der Waals surface area contributed by atoms with Crippen LogP contribution in [-0.4, -0.2) is 48.8 Å². The molecule has 150 valence electrons. The van der Waals surface area contributed by atoms with Gasteiger partial charge in [-0.05, 0) is 48.5 Å². The van der Waals surface area contributed by atoms with Gasteiger partial charge in [-0.1, -0.05) is 31.2 Å². The summed E-state index contributed by atoms with van der Waals surface area (Å²) in [6, 6.07) is 5.14. The molecule has 0 fully saturated rings. The highest BCUT2D eigenvalue weighted by Gasteiger charge is 2.22. The van der Waals surface area contributed by atoms with Crippen LogP contribution in [0.15, 0.2) is 30.4 Å². The van der Waals surface area contributed by atoms with Crippen LogP contribution in [0.5, 0.6) is 0 Å². The fourth-order valence-electron chi connectivity index (χ4n) is 2.57. The van der Waals surface area contributed by atoms with Crippen LogP contribution in [0.1, 0.15) is 34.8 Å². The molecule has 0 saturated heterocycles. The van der Waals surface area contributed by atoms with Crippen molar-refractivity contribution in [3.8, 4) is 0 Å². The summed E-state index contributed by atoms with van der Waals surface area (Å²) in [6.45, 7) is 2.00. The molecule has 0 bridgehead atoms. The SMILES string of the molecule is CCc1ccc(CC=CC(N)CS)cc1C(=O)N[C@@H](CCSC)C(=O)OC.